The summed E-state index contributed by atoms with van der Waals surface area (Å²) in [5.41, 5.74) is 0. The molecule has 80 valence electrons. The summed E-state index contributed by atoms with van der Waals surface area (Å²) in [7, 11) is -10.3. The molecule has 0 bridgehead atoms. The molecule has 0 aromatic rings. The largest absolute Gasteiger partial charge is 2.00 e. The molecule has 0 radical (unpaired) electrons. The van der Waals surface area contributed by atoms with Crippen molar-refractivity contribution in [3.05, 3.63) is 0 Å². The van der Waals surface area contributed by atoms with Gasteiger partial charge in [0.15, 0.2) is 0 Å². The van der Waals surface area contributed by atoms with E-state index in [0.29, 0.717) is 0 Å². The van der Waals surface area contributed by atoms with Crippen LogP contribution in [0, 0.1) is 0 Å². The van der Waals surface area contributed by atoms with Crippen LogP contribution in [0.1, 0.15) is 5.71 Å². The zero-order valence-corrected chi connectivity index (χ0v) is 15.1. The van der Waals surface area contributed by atoms with Gasteiger partial charge in [-0.25, -0.2) is 4.79 Å². The first-order valence-electron chi connectivity index (χ1n) is 1.98. The fourth-order valence-corrected chi connectivity index (χ4v) is 0.641. The Morgan fingerprint density at radius 1 is 0.929 bits per heavy atom. The molecular formula is CH6O9S2Sr2. The molecule has 9 nitrogen and oxygen atoms in total. The minimum absolute atomic E-state index is 0. The SMILES string of the molecule is O=C(OS(=O)(=O)O)OS(=O)(=O)O.[H-].[H-].[H-].[H-].[Sr+2].[Sr+2]. The number of rotatable bonds is 2. The molecule has 0 fully saturated rings. The summed E-state index contributed by atoms with van der Waals surface area (Å²) in [4.78, 5) is 9.95. The van der Waals surface area contributed by atoms with Crippen molar-refractivity contribution >= 4 is 118 Å². The molecule has 0 unspecified atom stereocenters. The quantitative estimate of drug-likeness (QED) is 0.414. The van der Waals surface area contributed by atoms with Crippen molar-refractivity contribution in [2.45, 2.75) is 0 Å². The normalized spacial score (nSPS) is 10.4. The molecule has 2 N–H and O–H groups in total. The van der Waals surface area contributed by atoms with Gasteiger partial charge in [-0.05, 0) is 0 Å². The third-order valence-electron chi connectivity index (χ3n) is 0.347. The summed E-state index contributed by atoms with van der Waals surface area (Å²) < 4.78 is 60.1. The summed E-state index contributed by atoms with van der Waals surface area (Å²) in [5, 5.41) is 0. The molecule has 0 aliphatic heterocycles. The van der Waals surface area contributed by atoms with E-state index in [4.69, 9.17) is 9.11 Å². The van der Waals surface area contributed by atoms with Crippen molar-refractivity contribution in [3.63, 3.8) is 0 Å². The molecule has 0 atom stereocenters. The van der Waals surface area contributed by atoms with Gasteiger partial charge in [-0.15, -0.1) is 0 Å². The maximum atomic E-state index is 9.95. The molecule has 0 saturated heterocycles. The molecule has 0 aromatic heterocycles. The zero-order valence-electron chi connectivity index (χ0n) is 10.5. The monoisotopic (exact) mass is 402 g/mol. The van der Waals surface area contributed by atoms with Gasteiger partial charge in [0.05, 0.1) is 0 Å². The Hall–Kier alpha value is 2.05. The van der Waals surface area contributed by atoms with Crippen LogP contribution in [0.4, 0.5) is 4.79 Å². The molecule has 0 amide bonds. The predicted octanol–water partition coefficient (Wildman–Crippen LogP) is -1.57. The molecular weight excluding hydrogens is 395 g/mol. The predicted molar refractivity (Wildman–Crippen MR) is 46.6 cm³/mol. The van der Waals surface area contributed by atoms with E-state index in [1.54, 1.807) is 0 Å². The van der Waals surface area contributed by atoms with E-state index in [1.807, 2.05) is 0 Å². The second kappa shape index (κ2) is 8.19. The van der Waals surface area contributed by atoms with Crippen LogP contribution in [-0.4, -0.2) is 123 Å². The van der Waals surface area contributed by atoms with E-state index in [0.717, 1.165) is 0 Å². The Kier molecular flexibility index (Phi) is 12.5. The van der Waals surface area contributed by atoms with E-state index in [-0.39, 0.29) is 96.7 Å². The van der Waals surface area contributed by atoms with Crippen molar-refractivity contribution in [3.8, 4) is 0 Å². The topological polar surface area (TPSA) is 144 Å². The van der Waals surface area contributed by atoms with Gasteiger partial charge in [-0.3, -0.25) is 17.5 Å². The van der Waals surface area contributed by atoms with Gasteiger partial charge < -0.3 is 5.71 Å². The van der Waals surface area contributed by atoms with Crippen LogP contribution in [-0.2, 0) is 29.2 Å². The molecule has 0 rings (SSSR count). The Morgan fingerprint density at radius 3 is 1.29 bits per heavy atom. The summed E-state index contributed by atoms with van der Waals surface area (Å²) >= 11 is 0. The summed E-state index contributed by atoms with van der Waals surface area (Å²) in [6.45, 7) is 0. The van der Waals surface area contributed by atoms with Crippen LogP contribution in [0.3, 0.4) is 0 Å². The second-order valence-corrected chi connectivity index (χ2v) is 3.32. The van der Waals surface area contributed by atoms with Crippen molar-refractivity contribution in [1.82, 2.24) is 0 Å². The Balaban J connectivity index is -0.0000000403. The Morgan fingerprint density at radius 2 is 1.14 bits per heavy atom. The summed E-state index contributed by atoms with van der Waals surface area (Å²) in [6.07, 6.45) is -2.29. The molecule has 0 saturated carbocycles. The molecule has 14 heavy (non-hydrogen) atoms. The fraction of sp³-hybridized carbons (Fsp3) is 0. The molecule has 0 aliphatic rings. The van der Waals surface area contributed by atoms with Crippen LogP contribution >= 0.6 is 0 Å². The van der Waals surface area contributed by atoms with E-state index in [9.17, 15) is 21.6 Å². The molecule has 0 aromatic carbocycles. The molecule has 13 heteroatoms. The number of carbonyl (C=O) groups excluding carboxylic acids is 1. The van der Waals surface area contributed by atoms with Crippen LogP contribution in [0.5, 0.6) is 0 Å². The maximum Gasteiger partial charge on any atom is 2.00 e. The first-order chi connectivity index (χ1) is 5.10. The van der Waals surface area contributed by atoms with Gasteiger partial charge in [0.25, 0.3) is 0 Å². The smallest absolute Gasteiger partial charge is 1.00 e. The fourth-order valence-electron chi connectivity index (χ4n) is 0.186. The number of hydrogen-bond donors (Lipinski definition) is 2. The van der Waals surface area contributed by atoms with Gasteiger partial charge >= 0.3 is 118 Å². The van der Waals surface area contributed by atoms with Gasteiger partial charge in [-0.1, -0.05) is 0 Å². The van der Waals surface area contributed by atoms with E-state index in [2.05, 4.69) is 8.37 Å². The minimum Gasteiger partial charge on any atom is -1.00 e. The van der Waals surface area contributed by atoms with E-state index < -0.39 is 27.0 Å². The van der Waals surface area contributed by atoms with Crippen LogP contribution < -0.4 is 0 Å². The number of hydrogen-bond acceptors (Lipinski definition) is 7. The van der Waals surface area contributed by atoms with Crippen molar-refractivity contribution in [2.75, 3.05) is 0 Å². The van der Waals surface area contributed by atoms with Crippen molar-refractivity contribution < 1.29 is 44.8 Å². The summed E-state index contributed by atoms with van der Waals surface area (Å²) in [5.74, 6) is 0. The van der Waals surface area contributed by atoms with Crippen LogP contribution in [0.15, 0.2) is 0 Å². The third-order valence-corrected chi connectivity index (χ3v) is 1.04. The molecule has 0 spiro atoms. The zero-order chi connectivity index (χ0) is 9.99. The molecule has 0 aliphatic carbocycles. The van der Waals surface area contributed by atoms with Gasteiger partial charge in [0.1, 0.15) is 0 Å². The maximum absolute atomic E-state index is 9.95. The minimum atomic E-state index is -5.15. The first kappa shape index (κ1) is 21.3. The Bertz CT molecular complexity index is 341. The number of carbonyl (C=O) groups is 1. The van der Waals surface area contributed by atoms with Gasteiger partial charge in [0.2, 0.25) is 0 Å². The van der Waals surface area contributed by atoms with Crippen molar-refractivity contribution in [1.29, 1.82) is 0 Å². The van der Waals surface area contributed by atoms with E-state index in [1.165, 1.54) is 0 Å². The summed E-state index contributed by atoms with van der Waals surface area (Å²) in [6, 6.07) is 0. The van der Waals surface area contributed by atoms with Crippen LogP contribution in [0.25, 0.3) is 0 Å². The average Bonchev–Trinajstić information content (AvgIpc) is 1.49. The van der Waals surface area contributed by atoms with Crippen LogP contribution in [0.2, 0.25) is 0 Å². The van der Waals surface area contributed by atoms with E-state index >= 15 is 0 Å². The Labute approximate surface area is 160 Å². The second-order valence-electron chi connectivity index (χ2n) is 1.27. The average molecular weight is 401 g/mol. The van der Waals surface area contributed by atoms with Gasteiger partial charge in [0, 0.05) is 0 Å². The molecule has 0 heterocycles. The standard InChI is InChI=1S/CH2O9S2.2Sr.4H/c2-1(9-11(3,4)5)10-12(6,7)8;;;;;;/h(H,3,4,5)(H,6,7,8);;;;;;/q;2*+2;4*-1. The third kappa shape index (κ3) is 16.5. The van der Waals surface area contributed by atoms with Gasteiger partial charge in [-0.2, -0.15) is 16.8 Å². The van der Waals surface area contributed by atoms with Crippen molar-refractivity contribution in [2.24, 2.45) is 0 Å². The first-order valence-corrected chi connectivity index (χ1v) is 4.71.